The fraction of sp³-hybridized carbons (Fsp3) is 0.364. The van der Waals surface area contributed by atoms with Gasteiger partial charge >= 0.3 is 0 Å². The van der Waals surface area contributed by atoms with Gasteiger partial charge < -0.3 is 10.6 Å². The molecule has 0 aliphatic carbocycles. The molecule has 1 fully saturated rings. The van der Waals surface area contributed by atoms with Gasteiger partial charge in [0.05, 0.1) is 11.9 Å². The number of hydrogen-bond acceptors (Lipinski definition) is 2. The second-order valence-corrected chi connectivity index (χ2v) is 4.50. The summed E-state index contributed by atoms with van der Waals surface area (Å²) in [7, 11) is 0. The number of hydrogen-bond donors (Lipinski definition) is 1. The van der Waals surface area contributed by atoms with E-state index in [-0.39, 0.29) is 23.6 Å². The van der Waals surface area contributed by atoms with E-state index >= 15 is 0 Å². The zero-order valence-electron chi connectivity index (χ0n) is 8.62. The second kappa shape index (κ2) is 4.29. The summed E-state index contributed by atoms with van der Waals surface area (Å²) in [5.74, 6) is -0.437. The van der Waals surface area contributed by atoms with Gasteiger partial charge in [-0.2, -0.15) is 0 Å². The lowest BCUT2D eigenvalue weighted by Crippen LogP contribution is -2.25. The lowest BCUT2D eigenvalue weighted by molar-refractivity contribution is -0.128. The Morgan fingerprint density at radius 3 is 2.88 bits per heavy atom. The van der Waals surface area contributed by atoms with Crippen LogP contribution < -0.4 is 5.73 Å². The van der Waals surface area contributed by atoms with E-state index in [1.807, 2.05) is 0 Å². The van der Waals surface area contributed by atoms with Gasteiger partial charge in [-0.1, -0.05) is 6.07 Å². The summed E-state index contributed by atoms with van der Waals surface area (Å²) in [6.07, 6.45) is 0.315. The molecule has 0 bridgehead atoms. The zero-order valence-corrected chi connectivity index (χ0v) is 9.38. The molecule has 16 heavy (non-hydrogen) atoms. The quantitative estimate of drug-likeness (QED) is 0.634. The van der Waals surface area contributed by atoms with Crippen LogP contribution in [-0.4, -0.2) is 22.7 Å². The zero-order chi connectivity index (χ0) is 11.7. The molecule has 1 aromatic rings. The van der Waals surface area contributed by atoms with Gasteiger partial charge in [0, 0.05) is 24.2 Å². The normalized spacial score (nSPS) is 20.5. The van der Waals surface area contributed by atoms with Crippen molar-refractivity contribution in [3.8, 4) is 0 Å². The number of carbonyl (C=O) groups excluding carboxylic acids is 1. The highest BCUT2D eigenvalue weighted by Gasteiger charge is 2.28. The Bertz CT molecular complexity index is 404. The summed E-state index contributed by atoms with van der Waals surface area (Å²) < 4.78 is 13.5. The first-order chi connectivity index (χ1) is 7.58. The average molecular weight is 243 g/mol. The third-order valence-electron chi connectivity index (χ3n) is 2.67. The van der Waals surface area contributed by atoms with Crippen LogP contribution in [0.15, 0.2) is 18.2 Å². The standard InChI is InChI=1S/C11H12ClFN2O/c12-7-4-11(16)15(5-7)6-8-9(13)2-1-3-10(8)14/h1-3,7H,4-6,14H2. The van der Waals surface area contributed by atoms with Crippen LogP contribution in [0.3, 0.4) is 0 Å². The van der Waals surface area contributed by atoms with Crippen molar-refractivity contribution in [2.45, 2.75) is 18.3 Å². The van der Waals surface area contributed by atoms with Crippen LogP contribution in [0.25, 0.3) is 0 Å². The minimum Gasteiger partial charge on any atom is -0.398 e. The Kier molecular flexibility index (Phi) is 3.01. The molecule has 2 rings (SSSR count). The van der Waals surface area contributed by atoms with Crippen molar-refractivity contribution in [3.05, 3.63) is 29.6 Å². The Morgan fingerprint density at radius 1 is 1.56 bits per heavy atom. The largest absolute Gasteiger partial charge is 0.398 e. The number of nitrogens with zero attached hydrogens (tertiary/aromatic N) is 1. The van der Waals surface area contributed by atoms with E-state index in [0.29, 0.717) is 24.2 Å². The van der Waals surface area contributed by atoms with E-state index < -0.39 is 0 Å². The second-order valence-electron chi connectivity index (χ2n) is 3.88. The molecular formula is C11H12ClFN2O. The summed E-state index contributed by atoms with van der Waals surface area (Å²) >= 11 is 5.86. The highest BCUT2D eigenvalue weighted by molar-refractivity contribution is 6.22. The molecule has 1 aliphatic heterocycles. The van der Waals surface area contributed by atoms with Crippen LogP contribution in [0.5, 0.6) is 0 Å². The van der Waals surface area contributed by atoms with Gasteiger partial charge in [-0.15, -0.1) is 11.6 Å². The fourth-order valence-corrected chi connectivity index (χ4v) is 2.11. The topological polar surface area (TPSA) is 46.3 Å². The number of nitrogen functional groups attached to an aromatic ring is 1. The summed E-state index contributed by atoms with van der Waals surface area (Å²) in [4.78, 5) is 13.0. The van der Waals surface area contributed by atoms with Crippen LogP contribution in [-0.2, 0) is 11.3 Å². The van der Waals surface area contributed by atoms with Crippen molar-refractivity contribution >= 4 is 23.2 Å². The number of likely N-dealkylation sites (tertiary alicyclic amines) is 1. The highest BCUT2D eigenvalue weighted by Crippen LogP contribution is 2.23. The van der Waals surface area contributed by atoms with Crippen molar-refractivity contribution in [1.82, 2.24) is 4.90 Å². The summed E-state index contributed by atoms with van der Waals surface area (Å²) in [6.45, 7) is 0.648. The number of nitrogens with two attached hydrogens (primary N) is 1. The van der Waals surface area contributed by atoms with Crippen LogP contribution >= 0.6 is 11.6 Å². The third kappa shape index (κ3) is 2.11. The molecule has 3 nitrogen and oxygen atoms in total. The summed E-state index contributed by atoms with van der Waals surface area (Å²) in [6, 6.07) is 4.51. The number of halogens is 2. The van der Waals surface area contributed by atoms with Crippen molar-refractivity contribution < 1.29 is 9.18 Å². The predicted molar refractivity (Wildman–Crippen MR) is 60.5 cm³/mol. The van der Waals surface area contributed by atoms with Crippen molar-refractivity contribution in [3.63, 3.8) is 0 Å². The van der Waals surface area contributed by atoms with Gasteiger partial charge in [0.1, 0.15) is 5.82 Å². The van der Waals surface area contributed by atoms with Gasteiger partial charge in [0.2, 0.25) is 5.91 Å². The van der Waals surface area contributed by atoms with Gasteiger partial charge in [-0.25, -0.2) is 4.39 Å². The van der Waals surface area contributed by atoms with E-state index in [0.717, 1.165) is 0 Å². The molecule has 0 spiro atoms. The van der Waals surface area contributed by atoms with Gasteiger partial charge in [-0.3, -0.25) is 4.79 Å². The number of carbonyl (C=O) groups is 1. The summed E-state index contributed by atoms with van der Waals surface area (Å²) in [5.41, 5.74) is 6.40. The molecule has 0 saturated carbocycles. The number of benzene rings is 1. The van der Waals surface area contributed by atoms with Crippen LogP contribution in [0.2, 0.25) is 0 Å². The number of rotatable bonds is 2. The first kappa shape index (κ1) is 11.2. The first-order valence-corrected chi connectivity index (χ1v) is 5.46. The van der Waals surface area contributed by atoms with Crippen LogP contribution in [0, 0.1) is 5.82 Å². The van der Waals surface area contributed by atoms with E-state index in [9.17, 15) is 9.18 Å². The molecule has 1 atom stereocenters. The Balaban J connectivity index is 2.18. The van der Waals surface area contributed by atoms with E-state index in [1.54, 1.807) is 12.1 Å². The molecule has 5 heteroatoms. The van der Waals surface area contributed by atoms with Crippen molar-refractivity contribution in [2.75, 3.05) is 12.3 Å². The lowest BCUT2D eigenvalue weighted by Gasteiger charge is -2.17. The van der Waals surface area contributed by atoms with Crippen LogP contribution in [0.1, 0.15) is 12.0 Å². The monoisotopic (exact) mass is 242 g/mol. The highest BCUT2D eigenvalue weighted by atomic mass is 35.5. The Morgan fingerprint density at radius 2 is 2.31 bits per heavy atom. The average Bonchev–Trinajstić information content (AvgIpc) is 2.51. The molecule has 2 N–H and O–H groups in total. The molecule has 1 aliphatic rings. The molecule has 1 unspecified atom stereocenters. The smallest absolute Gasteiger partial charge is 0.224 e. The maximum Gasteiger partial charge on any atom is 0.224 e. The SMILES string of the molecule is Nc1cccc(F)c1CN1CC(Cl)CC1=O. The first-order valence-electron chi connectivity index (χ1n) is 5.02. The van der Waals surface area contributed by atoms with Crippen molar-refractivity contribution in [2.24, 2.45) is 0 Å². The molecule has 1 saturated heterocycles. The fourth-order valence-electron chi connectivity index (χ4n) is 1.81. The van der Waals surface area contributed by atoms with Gasteiger partial charge in [-0.05, 0) is 12.1 Å². The minimum atomic E-state index is -0.383. The Labute approximate surface area is 98.0 Å². The molecule has 1 amide bonds. The lowest BCUT2D eigenvalue weighted by atomic mass is 10.1. The van der Waals surface area contributed by atoms with E-state index in [4.69, 9.17) is 17.3 Å². The molecule has 1 heterocycles. The molecule has 0 aromatic heterocycles. The number of anilines is 1. The molecule has 86 valence electrons. The van der Waals surface area contributed by atoms with E-state index in [2.05, 4.69) is 0 Å². The van der Waals surface area contributed by atoms with E-state index in [1.165, 1.54) is 11.0 Å². The Hall–Kier alpha value is -1.29. The predicted octanol–water partition coefficient (Wildman–Crippen LogP) is 1.75. The van der Waals surface area contributed by atoms with Crippen LogP contribution in [0.4, 0.5) is 10.1 Å². The third-order valence-corrected chi connectivity index (χ3v) is 2.96. The van der Waals surface area contributed by atoms with Crippen molar-refractivity contribution in [1.29, 1.82) is 0 Å². The molecule has 0 radical (unpaired) electrons. The number of amides is 1. The van der Waals surface area contributed by atoms with Gasteiger partial charge in [0.25, 0.3) is 0 Å². The summed E-state index contributed by atoms with van der Waals surface area (Å²) in [5, 5.41) is -0.180. The maximum atomic E-state index is 13.5. The maximum absolute atomic E-state index is 13.5. The minimum absolute atomic E-state index is 0.0531. The number of alkyl halides is 1. The molecular weight excluding hydrogens is 231 g/mol. The molecule has 1 aromatic carbocycles. The van der Waals surface area contributed by atoms with Gasteiger partial charge in [0.15, 0.2) is 0 Å².